The molecule has 0 aromatic carbocycles. The number of hydrogen-bond donors (Lipinski definition) is 0. The van der Waals surface area contributed by atoms with E-state index in [0.717, 1.165) is 19.1 Å². The Hall–Kier alpha value is -0.590. The fraction of sp³-hybridized carbons (Fsp3) is 0.625. The van der Waals surface area contributed by atoms with Gasteiger partial charge in [-0.3, -0.25) is 0 Å². The minimum atomic E-state index is 0.667. The number of carbonyl (C=O) groups is 1. The summed E-state index contributed by atoms with van der Waals surface area (Å²) in [6.45, 7) is 2.14. The maximum atomic E-state index is 9.80. The largest absolute Gasteiger partial charge is 0.303 e. The van der Waals surface area contributed by atoms with E-state index in [1.807, 2.05) is 0 Å². The monoisotopic (exact) mass is 126 g/mol. The van der Waals surface area contributed by atoms with Crippen molar-refractivity contribution in [2.45, 2.75) is 32.6 Å². The Balaban J connectivity index is 2.94. The van der Waals surface area contributed by atoms with Crippen LogP contribution in [0.3, 0.4) is 0 Å². The van der Waals surface area contributed by atoms with E-state index < -0.39 is 0 Å². The van der Waals surface area contributed by atoms with Gasteiger partial charge in [-0.25, -0.2) is 0 Å². The van der Waals surface area contributed by atoms with Crippen molar-refractivity contribution in [2.75, 3.05) is 0 Å². The predicted molar refractivity (Wildman–Crippen MR) is 39.3 cm³/mol. The second kappa shape index (κ2) is 7.41. The zero-order valence-electron chi connectivity index (χ0n) is 5.97. The van der Waals surface area contributed by atoms with Crippen LogP contribution in [0.5, 0.6) is 0 Å². The van der Waals surface area contributed by atoms with Crippen LogP contribution in [0.2, 0.25) is 0 Å². The standard InChI is InChI=1S/C8H14O/c1-2-3-4-5-6-7-8-9/h4-5,8H,2-3,6-7H2,1H3. The third kappa shape index (κ3) is 7.41. The lowest BCUT2D eigenvalue weighted by Gasteiger charge is -1.83. The van der Waals surface area contributed by atoms with Gasteiger partial charge in [-0.05, 0) is 12.8 Å². The van der Waals surface area contributed by atoms with Crippen molar-refractivity contribution in [1.29, 1.82) is 0 Å². The summed E-state index contributed by atoms with van der Waals surface area (Å²) in [5.41, 5.74) is 0. The highest BCUT2D eigenvalue weighted by atomic mass is 16.1. The van der Waals surface area contributed by atoms with Gasteiger partial charge in [-0.2, -0.15) is 0 Å². The Labute approximate surface area is 56.8 Å². The second-order valence-electron chi connectivity index (χ2n) is 2.00. The average Bonchev–Trinajstić information content (AvgIpc) is 1.89. The predicted octanol–water partition coefficient (Wildman–Crippen LogP) is 2.32. The van der Waals surface area contributed by atoms with Gasteiger partial charge < -0.3 is 4.79 Å². The molecule has 0 aromatic heterocycles. The lowest BCUT2D eigenvalue weighted by molar-refractivity contribution is -0.107. The summed E-state index contributed by atoms with van der Waals surface area (Å²) in [6.07, 6.45) is 9.05. The number of aldehydes is 1. The molecule has 0 aliphatic heterocycles. The third-order valence-corrected chi connectivity index (χ3v) is 1.07. The fourth-order valence-electron chi connectivity index (χ4n) is 0.567. The Kier molecular flexibility index (Phi) is 6.92. The maximum Gasteiger partial charge on any atom is 0.120 e. The Morgan fingerprint density at radius 1 is 1.11 bits per heavy atom. The zero-order chi connectivity index (χ0) is 6.95. The number of allylic oxidation sites excluding steroid dienone is 2. The molecule has 0 aliphatic rings. The van der Waals surface area contributed by atoms with Crippen LogP contribution in [-0.4, -0.2) is 6.29 Å². The van der Waals surface area contributed by atoms with Crippen molar-refractivity contribution in [3.05, 3.63) is 12.2 Å². The maximum absolute atomic E-state index is 9.80. The second-order valence-corrected chi connectivity index (χ2v) is 2.00. The minimum Gasteiger partial charge on any atom is -0.303 e. The van der Waals surface area contributed by atoms with Gasteiger partial charge in [0.2, 0.25) is 0 Å². The van der Waals surface area contributed by atoms with E-state index in [1.54, 1.807) is 0 Å². The topological polar surface area (TPSA) is 17.1 Å². The number of unbranched alkanes of at least 4 members (excludes halogenated alkanes) is 2. The average molecular weight is 126 g/mol. The van der Waals surface area contributed by atoms with Crippen molar-refractivity contribution >= 4 is 6.29 Å². The van der Waals surface area contributed by atoms with E-state index in [0.29, 0.717) is 6.42 Å². The third-order valence-electron chi connectivity index (χ3n) is 1.07. The summed E-state index contributed by atoms with van der Waals surface area (Å²) >= 11 is 0. The van der Waals surface area contributed by atoms with Gasteiger partial charge in [0.1, 0.15) is 6.29 Å². The molecule has 1 heteroatoms. The molecule has 0 N–H and O–H groups in total. The van der Waals surface area contributed by atoms with Crippen LogP contribution in [0, 0.1) is 0 Å². The molecular formula is C8H14O. The molecule has 0 bridgehead atoms. The highest BCUT2D eigenvalue weighted by Crippen LogP contribution is 1.92. The highest BCUT2D eigenvalue weighted by molar-refractivity contribution is 5.49. The lowest BCUT2D eigenvalue weighted by atomic mass is 10.2. The van der Waals surface area contributed by atoms with Crippen molar-refractivity contribution in [3.8, 4) is 0 Å². The van der Waals surface area contributed by atoms with Gasteiger partial charge >= 0.3 is 0 Å². The number of hydrogen-bond acceptors (Lipinski definition) is 1. The molecule has 0 atom stereocenters. The summed E-state index contributed by atoms with van der Waals surface area (Å²) in [7, 11) is 0. The molecule has 0 heterocycles. The van der Waals surface area contributed by atoms with E-state index in [4.69, 9.17) is 0 Å². The van der Waals surface area contributed by atoms with Gasteiger partial charge in [-0.15, -0.1) is 0 Å². The van der Waals surface area contributed by atoms with Gasteiger partial charge in [0.25, 0.3) is 0 Å². The molecule has 0 aromatic rings. The molecule has 9 heavy (non-hydrogen) atoms. The summed E-state index contributed by atoms with van der Waals surface area (Å²) in [6, 6.07) is 0. The molecule has 0 aliphatic carbocycles. The van der Waals surface area contributed by atoms with E-state index >= 15 is 0 Å². The molecule has 0 saturated heterocycles. The van der Waals surface area contributed by atoms with Gasteiger partial charge in [0.15, 0.2) is 0 Å². The highest BCUT2D eigenvalue weighted by Gasteiger charge is 1.76. The van der Waals surface area contributed by atoms with Crippen LogP contribution in [0.1, 0.15) is 32.6 Å². The number of carbonyl (C=O) groups excluding carboxylic acids is 1. The first-order chi connectivity index (χ1) is 4.41. The Bertz CT molecular complexity index is 84.6. The summed E-state index contributed by atoms with van der Waals surface area (Å²) < 4.78 is 0. The normalized spacial score (nSPS) is 10.3. The lowest BCUT2D eigenvalue weighted by Crippen LogP contribution is -1.70. The summed E-state index contributed by atoms with van der Waals surface area (Å²) in [5, 5.41) is 0. The molecule has 1 nitrogen and oxygen atoms in total. The van der Waals surface area contributed by atoms with Gasteiger partial charge in [-0.1, -0.05) is 25.5 Å². The van der Waals surface area contributed by atoms with Crippen LogP contribution in [0.25, 0.3) is 0 Å². The van der Waals surface area contributed by atoms with Crippen LogP contribution in [0.4, 0.5) is 0 Å². The van der Waals surface area contributed by atoms with Crippen molar-refractivity contribution in [1.82, 2.24) is 0 Å². The SMILES string of the molecule is CCCC=CCCC=O. The molecule has 0 spiro atoms. The van der Waals surface area contributed by atoms with Crippen molar-refractivity contribution in [2.24, 2.45) is 0 Å². The summed E-state index contributed by atoms with van der Waals surface area (Å²) in [4.78, 5) is 9.80. The molecule has 0 fully saturated rings. The van der Waals surface area contributed by atoms with E-state index in [-0.39, 0.29) is 0 Å². The molecular weight excluding hydrogens is 112 g/mol. The molecule has 0 unspecified atom stereocenters. The molecule has 0 radical (unpaired) electrons. The van der Waals surface area contributed by atoms with E-state index in [9.17, 15) is 4.79 Å². The first kappa shape index (κ1) is 8.41. The fourth-order valence-corrected chi connectivity index (χ4v) is 0.567. The zero-order valence-corrected chi connectivity index (χ0v) is 5.97. The molecule has 52 valence electrons. The van der Waals surface area contributed by atoms with Crippen LogP contribution in [-0.2, 0) is 4.79 Å². The summed E-state index contributed by atoms with van der Waals surface area (Å²) in [5.74, 6) is 0. The van der Waals surface area contributed by atoms with Gasteiger partial charge in [0.05, 0.1) is 0 Å². The van der Waals surface area contributed by atoms with Crippen molar-refractivity contribution in [3.63, 3.8) is 0 Å². The van der Waals surface area contributed by atoms with Gasteiger partial charge in [0, 0.05) is 6.42 Å². The minimum absolute atomic E-state index is 0.667. The number of rotatable bonds is 5. The van der Waals surface area contributed by atoms with E-state index in [2.05, 4.69) is 19.1 Å². The Morgan fingerprint density at radius 3 is 2.33 bits per heavy atom. The van der Waals surface area contributed by atoms with Crippen LogP contribution in [0.15, 0.2) is 12.2 Å². The van der Waals surface area contributed by atoms with Crippen LogP contribution < -0.4 is 0 Å². The van der Waals surface area contributed by atoms with Crippen LogP contribution >= 0.6 is 0 Å². The molecule has 0 amide bonds. The smallest absolute Gasteiger partial charge is 0.120 e. The first-order valence-corrected chi connectivity index (χ1v) is 3.50. The Morgan fingerprint density at radius 2 is 1.78 bits per heavy atom. The quantitative estimate of drug-likeness (QED) is 0.314. The van der Waals surface area contributed by atoms with Crippen molar-refractivity contribution < 1.29 is 4.79 Å². The molecule has 0 saturated carbocycles. The molecule has 0 rings (SSSR count). The van der Waals surface area contributed by atoms with E-state index in [1.165, 1.54) is 6.42 Å². The first-order valence-electron chi connectivity index (χ1n) is 3.50.